The van der Waals surface area contributed by atoms with E-state index in [1.807, 2.05) is 12.4 Å². The normalized spacial score (nSPS) is 19.1. The minimum absolute atomic E-state index is 0.0351. The summed E-state index contributed by atoms with van der Waals surface area (Å²) in [4.78, 5) is 6.58. The molecule has 0 N–H and O–H groups in total. The Bertz CT molecular complexity index is 507. The molecular formula is C15H21N5. The highest BCUT2D eigenvalue weighted by Gasteiger charge is 2.21. The Labute approximate surface area is 120 Å². The third-order valence-corrected chi connectivity index (χ3v) is 3.92. The molecule has 2 heterocycles. The van der Waals surface area contributed by atoms with Crippen LogP contribution in [0.3, 0.4) is 0 Å². The highest BCUT2D eigenvalue weighted by Crippen LogP contribution is 2.20. The summed E-state index contributed by atoms with van der Waals surface area (Å²) in [6, 6.07) is 4.42. The SMILES string of the molecule is CN(C[C@@H](C#N)CCC#N)C[C@H]1CCc2nccn2C1. The number of aryl methyl sites for hydroxylation is 1. The van der Waals surface area contributed by atoms with Crippen LogP contribution in [0, 0.1) is 34.5 Å². The summed E-state index contributed by atoms with van der Waals surface area (Å²) in [5, 5.41) is 17.7. The second-order valence-electron chi connectivity index (χ2n) is 5.64. The van der Waals surface area contributed by atoms with E-state index in [0.717, 1.165) is 32.5 Å². The fourth-order valence-corrected chi connectivity index (χ4v) is 2.91. The Hall–Kier alpha value is -1.85. The van der Waals surface area contributed by atoms with Crippen LogP contribution in [-0.2, 0) is 13.0 Å². The zero-order valence-electron chi connectivity index (χ0n) is 12.0. The van der Waals surface area contributed by atoms with Gasteiger partial charge >= 0.3 is 0 Å². The summed E-state index contributed by atoms with van der Waals surface area (Å²) in [7, 11) is 2.07. The van der Waals surface area contributed by atoms with Crippen LogP contribution in [-0.4, -0.2) is 34.6 Å². The maximum Gasteiger partial charge on any atom is 0.108 e. The van der Waals surface area contributed by atoms with Crippen LogP contribution >= 0.6 is 0 Å². The lowest BCUT2D eigenvalue weighted by atomic mass is 9.98. The molecule has 0 aromatic carbocycles. The van der Waals surface area contributed by atoms with Gasteiger partial charge in [0, 0.05) is 44.9 Å². The van der Waals surface area contributed by atoms with Crippen molar-refractivity contribution in [3.63, 3.8) is 0 Å². The van der Waals surface area contributed by atoms with E-state index in [0.29, 0.717) is 18.8 Å². The monoisotopic (exact) mass is 271 g/mol. The van der Waals surface area contributed by atoms with E-state index < -0.39 is 0 Å². The van der Waals surface area contributed by atoms with Crippen LogP contribution in [0.25, 0.3) is 0 Å². The molecule has 0 saturated carbocycles. The number of hydrogen-bond acceptors (Lipinski definition) is 4. The van der Waals surface area contributed by atoms with Crippen molar-refractivity contribution in [3.05, 3.63) is 18.2 Å². The third-order valence-electron chi connectivity index (χ3n) is 3.92. The fraction of sp³-hybridized carbons (Fsp3) is 0.667. The largest absolute Gasteiger partial charge is 0.335 e. The second-order valence-corrected chi connectivity index (χ2v) is 5.64. The summed E-state index contributed by atoms with van der Waals surface area (Å²) in [6.45, 7) is 2.78. The molecule has 0 spiro atoms. The topological polar surface area (TPSA) is 68.6 Å². The van der Waals surface area contributed by atoms with Crippen molar-refractivity contribution >= 4 is 0 Å². The Morgan fingerprint density at radius 2 is 2.40 bits per heavy atom. The lowest BCUT2D eigenvalue weighted by Gasteiger charge is -2.29. The van der Waals surface area contributed by atoms with Gasteiger partial charge in [0.25, 0.3) is 0 Å². The molecule has 0 amide bonds. The molecule has 0 radical (unpaired) electrons. The van der Waals surface area contributed by atoms with Gasteiger partial charge in [-0.2, -0.15) is 10.5 Å². The molecule has 1 aliphatic heterocycles. The predicted octanol–water partition coefficient (Wildman–Crippen LogP) is 1.82. The second kappa shape index (κ2) is 7.07. The molecular weight excluding hydrogens is 250 g/mol. The fourth-order valence-electron chi connectivity index (χ4n) is 2.91. The molecule has 0 unspecified atom stereocenters. The highest BCUT2D eigenvalue weighted by atomic mass is 15.1. The minimum Gasteiger partial charge on any atom is -0.335 e. The number of hydrogen-bond donors (Lipinski definition) is 0. The number of rotatable bonds is 6. The van der Waals surface area contributed by atoms with E-state index >= 15 is 0 Å². The zero-order chi connectivity index (χ0) is 14.4. The smallest absolute Gasteiger partial charge is 0.108 e. The maximum absolute atomic E-state index is 9.11. The van der Waals surface area contributed by atoms with Crippen LogP contribution in [0.5, 0.6) is 0 Å². The van der Waals surface area contributed by atoms with E-state index in [1.165, 1.54) is 5.82 Å². The van der Waals surface area contributed by atoms with E-state index in [4.69, 9.17) is 10.5 Å². The first kappa shape index (κ1) is 14.6. The summed E-state index contributed by atoms with van der Waals surface area (Å²) in [5.41, 5.74) is 0. The first-order chi connectivity index (χ1) is 9.72. The Kier molecular flexibility index (Phi) is 5.15. The minimum atomic E-state index is -0.0351. The molecule has 2 atom stereocenters. The standard InChI is InChI=1S/C15H21N5/c1-19(10-13(9-17)3-2-6-16)11-14-4-5-15-18-7-8-20(15)12-14/h7-8,13-14H,2-5,10-12H2,1H3/t13-,14-/m1/s1. The lowest BCUT2D eigenvalue weighted by molar-refractivity contribution is 0.218. The summed E-state index contributed by atoms with van der Waals surface area (Å²) in [6.07, 6.45) is 7.27. The van der Waals surface area contributed by atoms with Crippen LogP contribution in [0.4, 0.5) is 0 Å². The average Bonchev–Trinajstić information content (AvgIpc) is 2.90. The zero-order valence-corrected chi connectivity index (χ0v) is 12.0. The molecule has 1 aromatic heterocycles. The van der Waals surface area contributed by atoms with Crippen LogP contribution in [0.2, 0.25) is 0 Å². The molecule has 5 nitrogen and oxygen atoms in total. The van der Waals surface area contributed by atoms with Gasteiger partial charge < -0.3 is 9.47 Å². The number of nitriles is 2. The van der Waals surface area contributed by atoms with Gasteiger partial charge in [-0.3, -0.25) is 0 Å². The highest BCUT2D eigenvalue weighted by molar-refractivity contribution is 4.97. The van der Waals surface area contributed by atoms with Gasteiger partial charge in [-0.15, -0.1) is 0 Å². The summed E-state index contributed by atoms with van der Waals surface area (Å²) >= 11 is 0. The van der Waals surface area contributed by atoms with Gasteiger partial charge in [0.1, 0.15) is 5.82 Å². The number of fused-ring (bicyclic) bond motifs is 1. The summed E-state index contributed by atoms with van der Waals surface area (Å²) < 4.78 is 2.24. The molecule has 106 valence electrons. The van der Waals surface area contributed by atoms with Gasteiger partial charge in [-0.1, -0.05) is 0 Å². The molecule has 1 aromatic rings. The van der Waals surface area contributed by atoms with Crippen molar-refractivity contribution in [1.82, 2.24) is 14.5 Å². The Morgan fingerprint density at radius 1 is 1.55 bits per heavy atom. The number of imidazole rings is 1. The maximum atomic E-state index is 9.11. The first-order valence-corrected chi connectivity index (χ1v) is 7.18. The van der Waals surface area contributed by atoms with Gasteiger partial charge in [0.15, 0.2) is 0 Å². The predicted molar refractivity (Wildman–Crippen MR) is 75.5 cm³/mol. The van der Waals surface area contributed by atoms with Crippen molar-refractivity contribution in [1.29, 1.82) is 10.5 Å². The van der Waals surface area contributed by atoms with E-state index in [2.05, 4.69) is 33.6 Å². The van der Waals surface area contributed by atoms with Gasteiger partial charge in [0.2, 0.25) is 0 Å². The van der Waals surface area contributed by atoms with Crippen molar-refractivity contribution < 1.29 is 0 Å². The van der Waals surface area contributed by atoms with E-state index in [1.54, 1.807) is 0 Å². The summed E-state index contributed by atoms with van der Waals surface area (Å²) in [5.74, 6) is 1.77. The van der Waals surface area contributed by atoms with E-state index in [9.17, 15) is 0 Å². The van der Waals surface area contributed by atoms with Crippen LogP contribution in [0.15, 0.2) is 12.4 Å². The number of nitrogens with zero attached hydrogens (tertiary/aromatic N) is 5. The van der Waals surface area contributed by atoms with Gasteiger partial charge in [-0.25, -0.2) is 4.98 Å². The average molecular weight is 271 g/mol. The van der Waals surface area contributed by atoms with Gasteiger partial charge in [0.05, 0.1) is 18.1 Å². The number of aromatic nitrogens is 2. The molecule has 1 aliphatic rings. The van der Waals surface area contributed by atoms with Crippen molar-refractivity contribution in [2.75, 3.05) is 20.1 Å². The molecule has 0 aliphatic carbocycles. The van der Waals surface area contributed by atoms with Crippen molar-refractivity contribution in [3.8, 4) is 12.1 Å². The van der Waals surface area contributed by atoms with Crippen LogP contribution in [0.1, 0.15) is 25.1 Å². The molecule has 5 heteroatoms. The quantitative estimate of drug-likeness (QED) is 0.791. The first-order valence-electron chi connectivity index (χ1n) is 7.18. The third kappa shape index (κ3) is 3.82. The molecule has 0 bridgehead atoms. The lowest BCUT2D eigenvalue weighted by Crippen LogP contribution is -2.34. The Morgan fingerprint density at radius 3 is 3.15 bits per heavy atom. The van der Waals surface area contributed by atoms with Crippen LogP contribution < -0.4 is 0 Å². The molecule has 2 rings (SSSR count). The molecule has 0 fully saturated rings. The van der Waals surface area contributed by atoms with E-state index in [-0.39, 0.29) is 5.92 Å². The molecule has 0 saturated heterocycles. The van der Waals surface area contributed by atoms with Crippen molar-refractivity contribution in [2.24, 2.45) is 11.8 Å². The molecule has 20 heavy (non-hydrogen) atoms. The van der Waals surface area contributed by atoms with Gasteiger partial charge in [-0.05, 0) is 25.8 Å². The Balaban J connectivity index is 1.79. The van der Waals surface area contributed by atoms with Crippen molar-refractivity contribution in [2.45, 2.75) is 32.2 Å².